The second-order valence-electron chi connectivity index (χ2n) is 6.81. The van der Waals surface area contributed by atoms with Crippen molar-refractivity contribution in [1.82, 2.24) is 0 Å². The summed E-state index contributed by atoms with van der Waals surface area (Å²) in [6.07, 6.45) is 0. The van der Waals surface area contributed by atoms with E-state index < -0.39 is 5.54 Å². The van der Waals surface area contributed by atoms with Gasteiger partial charge in [-0.2, -0.15) is 0 Å². The first-order valence-corrected chi connectivity index (χ1v) is 8.93. The minimum Gasteiger partial charge on any atom is -0.314 e. The number of hydrogen-bond donors (Lipinski definition) is 1. The first-order valence-electron chi connectivity index (χ1n) is 8.93. The SMILES string of the molecule is NC1(c2ccccc2)c2ccccc2-c2cccc(-c3ccccc3)c21. The van der Waals surface area contributed by atoms with Crippen molar-refractivity contribution in [3.8, 4) is 22.3 Å². The van der Waals surface area contributed by atoms with E-state index in [1.807, 2.05) is 12.1 Å². The minimum atomic E-state index is -0.653. The maximum Gasteiger partial charge on any atom is 0.0941 e. The van der Waals surface area contributed by atoms with E-state index in [1.54, 1.807) is 0 Å². The normalized spacial score (nSPS) is 17.6. The molecule has 2 N–H and O–H groups in total. The highest BCUT2D eigenvalue weighted by molar-refractivity contribution is 5.89. The summed E-state index contributed by atoms with van der Waals surface area (Å²) in [5, 5.41) is 0. The molecule has 1 heteroatoms. The quantitative estimate of drug-likeness (QED) is 0.509. The highest BCUT2D eigenvalue weighted by Gasteiger charge is 2.42. The summed E-state index contributed by atoms with van der Waals surface area (Å²) < 4.78 is 0. The van der Waals surface area contributed by atoms with Gasteiger partial charge in [0, 0.05) is 0 Å². The molecule has 0 aromatic heterocycles. The van der Waals surface area contributed by atoms with Crippen LogP contribution in [0.3, 0.4) is 0 Å². The third-order valence-electron chi connectivity index (χ3n) is 5.41. The molecule has 0 spiro atoms. The van der Waals surface area contributed by atoms with Crippen LogP contribution in [0.1, 0.15) is 16.7 Å². The molecule has 4 aromatic carbocycles. The van der Waals surface area contributed by atoms with Crippen LogP contribution < -0.4 is 5.73 Å². The van der Waals surface area contributed by atoms with Crippen molar-refractivity contribution < 1.29 is 0 Å². The number of benzene rings is 4. The van der Waals surface area contributed by atoms with E-state index in [-0.39, 0.29) is 0 Å². The second kappa shape index (κ2) is 5.69. The molecule has 0 amide bonds. The fraction of sp³-hybridized carbons (Fsp3) is 0.0400. The molecular formula is C25H19N. The van der Waals surface area contributed by atoms with Crippen molar-refractivity contribution in [2.45, 2.75) is 5.54 Å². The van der Waals surface area contributed by atoms with Crippen LogP contribution in [0.15, 0.2) is 103 Å². The fourth-order valence-electron chi connectivity index (χ4n) is 4.26. The van der Waals surface area contributed by atoms with Gasteiger partial charge in [0.1, 0.15) is 0 Å². The third kappa shape index (κ3) is 2.01. The summed E-state index contributed by atoms with van der Waals surface area (Å²) in [5.74, 6) is 0. The van der Waals surface area contributed by atoms with Gasteiger partial charge >= 0.3 is 0 Å². The van der Waals surface area contributed by atoms with E-state index in [0.29, 0.717) is 0 Å². The molecule has 26 heavy (non-hydrogen) atoms. The van der Waals surface area contributed by atoms with Gasteiger partial charge in [0.05, 0.1) is 5.54 Å². The predicted molar refractivity (Wildman–Crippen MR) is 108 cm³/mol. The second-order valence-corrected chi connectivity index (χ2v) is 6.81. The standard InChI is InChI=1S/C25H19N/c26-25(19-12-5-2-6-13-19)23-17-8-7-14-21(23)22-16-9-15-20(24(22)25)18-10-3-1-4-11-18/h1-17H,26H2. The third-order valence-corrected chi connectivity index (χ3v) is 5.41. The lowest BCUT2D eigenvalue weighted by molar-refractivity contribution is 0.674. The Bertz CT molecular complexity index is 1080. The topological polar surface area (TPSA) is 26.0 Å². The zero-order valence-electron chi connectivity index (χ0n) is 14.4. The molecule has 0 saturated heterocycles. The molecule has 0 heterocycles. The number of rotatable bonds is 2. The molecule has 0 aliphatic heterocycles. The molecule has 0 fully saturated rings. The van der Waals surface area contributed by atoms with Gasteiger partial charge in [-0.1, -0.05) is 103 Å². The number of fused-ring (bicyclic) bond motifs is 3. The highest BCUT2D eigenvalue weighted by atomic mass is 14.8. The monoisotopic (exact) mass is 333 g/mol. The Hall–Kier alpha value is -3.16. The van der Waals surface area contributed by atoms with E-state index in [0.717, 1.165) is 5.56 Å². The Labute approximate surface area is 153 Å². The molecule has 1 nitrogen and oxygen atoms in total. The lowest BCUT2D eigenvalue weighted by Gasteiger charge is -2.30. The van der Waals surface area contributed by atoms with Crippen LogP contribution in [0, 0.1) is 0 Å². The molecule has 0 radical (unpaired) electrons. The van der Waals surface area contributed by atoms with Crippen molar-refractivity contribution >= 4 is 0 Å². The van der Waals surface area contributed by atoms with E-state index >= 15 is 0 Å². The van der Waals surface area contributed by atoms with E-state index in [2.05, 4.69) is 91.0 Å². The van der Waals surface area contributed by atoms with Crippen molar-refractivity contribution in [2.24, 2.45) is 5.73 Å². The summed E-state index contributed by atoms with van der Waals surface area (Å²) in [5.41, 5.74) is 14.9. The fourth-order valence-corrected chi connectivity index (χ4v) is 4.26. The zero-order valence-corrected chi connectivity index (χ0v) is 14.4. The van der Waals surface area contributed by atoms with Crippen molar-refractivity contribution in [1.29, 1.82) is 0 Å². The van der Waals surface area contributed by atoms with Gasteiger partial charge < -0.3 is 5.73 Å². The van der Waals surface area contributed by atoms with Crippen molar-refractivity contribution in [3.05, 3.63) is 120 Å². The van der Waals surface area contributed by atoms with E-state index in [9.17, 15) is 0 Å². The van der Waals surface area contributed by atoms with Gasteiger partial charge in [-0.15, -0.1) is 0 Å². The average Bonchev–Trinajstić information content (AvgIpc) is 3.00. The Morgan fingerprint density at radius 3 is 1.85 bits per heavy atom. The smallest absolute Gasteiger partial charge is 0.0941 e. The largest absolute Gasteiger partial charge is 0.314 e. The van der Waals surface area contributed by atoms with Crippen LogP contribution in [-0.2, 0) is 5.54 Å². The van der Waals surface area contributed by atoms with Crippen LogP contribution in [0.5, 0.6) is 0 Å². The predicted octanol–water partition coefficient (Wildman–Crippen LogP) is 5.58. The van der Waals surface area contributed by atoms with Crippen molar-refractivity contribution in [2.75, 3.05) is 0 Å². The van der Waals surface area contributed by atoms with Crippen LogP contribution in [0.25, 0.3) is 22.3 Å². The lowest BCUT2D eigenvalue weighted by atomic mass is 9.78. The highest BCUT2D eigenvalue weighted by Crippen LogP contribution is 2.52. The van der Waals surface area contributed by atoms with Crippen LogP contribution in [-0.4, -0.2) is 0 Å². The molecule has 1 unspecified atom stereocenters. The molecular weight excluding hydrogens is 314 g/mol. The van der Waals surface area contributed by atoms with Gasteiger partial charge in [-0.05, 0) is 38.9 Å². The zero-order chi connectivity index (χ0) is 17.6. The molecule has 1 aliphatic carbocycles. The summed E-state index contributed by atoms with van der Waals surface area (Å²) in [6.45, 7) is 0. The van der Waals surface area contributed by atoms with Crippen LogP contribution in [0.2, 0.25) is 0 Å². The molecule has 1 atom stereocenters. The molecule has 4 aromatic rings. The lowest BCUT2D eigenvalue weighted by Crippen LogP contribution is -2.37. The van der Waals surface area contributed by atoms with Gasteiger partial charge in [-0.25, -0.2) is 0 Å². The van der Waals surface area contributed by atoms with Crippen LogP contribution in [0.4, 0.5) is 0 Å². The maximum atomic E-state index is 7.24. The summed E-state index contributed by atoms with van der Waals surface area (Å²) in [6, 6.07) is 36.0. The first kappa shape index (κ1) is 15.1. The minimum absolute atomic E-state index is 0.653. The Balaban J connectivity index is 1.89. The number of hydrogen-bond acceptors (Lipinski definition) is 1. The molecule has 0 saturated carbocycles. The van der Waals surface area contributed by atoms with E-state index in [4.69, 9.17) is 5.73 Å². The van der Waals surface area contributed by atoms with Crippen LogP contribution >= 0.6 is 0 Å². The van der Waals surface area contributed by atoms with Gasteiger partial charge in [-0.3, -0.25) is 0 Å². The molecule has 5 rings (SSSR count). The Morgan fingerprint density at radius 1 is 0.500 bits per heavy atom. The average molecular weight is 333 g/mol. The summed E-state index contributed by atoms with van der Waals surface area (Å²) >= 11 is 0. The molecule has 124 valence electrons. The van der Waals surface area contributed by atoms with E-state index in [1.165, 1.54) is 33.4 Å². The summed E-state index contributed by atoms with van der Waals surface area (Å²) in [7, 11) is 0. The van der Waals surface area contributed by atoms with Gasteiger partial charge in [0.25, 0.3) is 0 Å². The van der Waals surface area contributed by atoms with Crippen molar-refractivity contribution in [3.63, 3.8) is 0 Å². The summed E-state index contributed by atoms with van der Waals surface area (Å²) in [4.78, 5) is 0. The number of nitrogens with two attached hydrogens (primary N) is 1. The maximum absolute atomic E-state index is 7.24. The molecule has 0 bridgehead atoms. The Morgan fingerprint density at radius 2 is 1.08 bits per heavy atom. The van der Waals surface area contributed by atoms with Gasteiger partial charge in [0.15, 0.2) is 0 Å². The van der Waals surface area contributed by atoms with Gasteiger partial charge in [0.2, 0.25) is 0 Å². The Kier molecular flexibility index (Phi) is 3.31. The molecule has 1 aliphatic rings. The first-order chi connectivity index (χ1) is 12.8.